The van der Waals surface area contributed by atoms with Crippen molar-refractivity contribution in [3.8, 4) is 55.9 Å². The summed E-state index contributed by atoms with van der Waals surface area (Å²) >= 11 is 0. The summed E-state index contributed by atoms with van der Waals surface area (Å²) < 4.78 is 266. The second-order valence-electron chi connectivity index (χ2n) is 17.4. The molecule has 14 rings (SSSR count). The molecule has 0 amide bonds. The van der Waals surface area contributed by atoms with Crippen LogP contribution in [0.3, 0.4) is 0 Å². The Kier molecular flexibility index (Phi) is 5.92. The Bertz CT molecular complexity index is 5860. The number of fused-ring (bicyclic) bond motifs is 6. The smallest absolute Gasteiger partial charge is 0.179 e. The van der Waals surface area contributed by atoms with Crippen molar-refractivity contribution in [2.45, 2.75) is 0 Å². The van der Waals surface area contributed by atoms with Crippen LogP contribution in [0.2, 0.25) is 0 Å². The third-order valence-electron chi connectivity index (χ3n) is 13.5. The van der Waals surface area contributed by atoms with Gasteiger partial charge < -0.3 is 9.13 Å². The molecule has 352 valence electrons. The molecular formula is C72H50N2Si. The van der Waals surface area contributed by atoms with E-state index in [0.29, 0.717) is 0 Å². The predicted octanol–water partition coefficient (Wildman–Crippen LogP) is 15.9. The third kappa shape index (κ3) is 7.31. The van der Waals surface area contributed by atoms with E-state index in [2.05, 4.69) is 0 Å². The van der Waals surface area contributed by atoms with E-state index in [9.17, 15) is 24.7 Å². The lowest BCUT2D eigenvalue weighted by Gasteiger charge is -2.34. The van der Waals surface area contributed by atoms with E-state index in [-0.39, 0.29) is 27.5 Å². The number of aromatic nitrogens is 2. The fourth-order valence-electron chi connectivity index (χ4n) is 10.3. The van der Waals surface area contributed by atoms with Gasteiger partial charge in [0.25, 0.3) is 0 Å². The second-order valence-corrected chi connectivity index (χ2v) is 21.2. The lowest BCUT2D eigenvalue weighted by Crippen LogP contribution is -2.74. The molecule has 0 spiro atoms. The molecule has 0 N–H and O–H groups in total. The quantitative estimate of drug-likeness (QED) is 0.0954. The van der Waals surface area contributed by atoms with Crippen LogP contribution in [-0.2, 0) is 0 Å². The van der Waals surface area contributed by atoms with Crippen molar-refractivity contribution in [1.29, 1.82) is 0 Å². The van der Waals surface area contributed by atoms with Crippen LogP contribution in [0.1, 0.15) is 38.4 Å². The van der Waals surface area contributed by atoms with Crippen LogP contribution in [0, 0.1) is 0 Å². The lowest BCUT2D eigenvalue weighted by molar-refractivity contribution is 1.18. The highest BCUT2D eigenvalue weighted by atomic mass is 28.3. The van der Waals surface area contributed by atoms with Crippen LogP contribution < -0.4 is 20.7 Å². The van der Waals surface area contributed by atoms with E-state index < -0.39 is 249 Å². The van der Waals surface area contributed by atoms with Crippen molar-refractivity contribution >= 4 is 72.4 Å². The number of hydrogen-bond donors (Lipinski definition) is 0. The maximum Gasteiger partial charge on any atom is 0.179 e. The van der Waals surface area contributed by atoms with Gasteiger partial charge >= 0.3 is 0 Å². The van der Waals surface area contributed by atoms with Crippen molar-refractivity contribution in [3.05, 3.63) is 303 Å². The summed E-state index contributed by atoms with van der Waals surface area (Å²) in [6.45, 7) is 0. The van der Waals surface area contributed by atoms with Crippen molar-refractivity contribution in [3.63, 3.8) is 0 Å². The Morgan fingerprint density at radius 1 is 0.280 bits per heavy atom. The van der Waals surface area contributed by atoms with Crippen LogP contribution in [0.5, 0.6) is 0 Å². The Balaban J connectivity index is 1.12. The molecule has 2 heterocycles. The SMILES string of the molecule is [2H]c1c([2H])c([2H])c(-c2cccc(-c3c([2H])c([2H])c([2H])c([2H])c3[2H])c2-n2c3c([2H])c([2H])c([2H])c([2H])c3c3c([2H])c(-c4c([2H])c([2H])c([2H])c([2H])c4-c4c([2H])c([2H])c5c(c4[2H])c4c([2H])c([2H])c([2H])c([2H])c4n5-c4cccc([Si](c5ccccc5)(c5ccccc5)c5ccccc5)c4)c([2H])c([2H])c32)c([2H])c1[2H]. The standard InChI is InChI=1S/C72H50N2Si/c1-6-24-51(25-7-1)62-40-23-41-63(52-26-8-2-9-27-52)72(62)74-69-43-21-19-39-65(69)67-49-54(45-47-71(67)74)61-37-17-16-36-60(61)53-44-46-70-66(48-53)64-38-18-20-42-68(64)73(70)55-28-22-35-59(50-55)75(56-29-10-3-11-30-56,57-31-12-4-13-32-57)58-33-14-5-15-34-58/h1-50H/i1D,2D,6D,7D,8D,9D,16D,17D,18D,19D,20D,21D,24D,25D,26D,27D,36D,37D,38D,39D,42D,43D,44D,45D,46D,47D,48D,49D. The van der Waals surface area contributed by atoms with E-state index >= 15 is 0 Å². The van der Waals surface area contributed by atoms with E-state index in [1.807, 2.05) is 103 Å². The largest absolute Gasteiger partial charge is 0.309 e. The highest BCUT2D eigenvalue weighted by molar-refractivity contribution is 7.19. The first kappa shape index (κ1) is 24.0. The summed E-state index contributed by atoms with van der Waals surface area (Å²) in [7, 11) is -3.40. The van der Waals surface area contributed by atoms with Crippen LogP contribution in [0.25, 0.3) is 99.5 Å². The fraction of sp³-hybridized carbons (Fsp3) is 0. The van der Waals surface area contributed by atoms with Crippen LogP contribution >= 0.6 is 0 Å². The number of benzene rings is 12. The molecule has 75 heavy (non-hydrogen) atoms. The lowest BCUT2D eigenvalue weighted by atomic mass is 9.93. The van der Waals surface area contributed by atoms with Gasteiger partial charge in [-0.05, 0) is 103 Å². The zero-order chi connectivity index (χ0) is 74.1. The molecule has 12 aromatic carbocycles. The molecule has 0 unspecified atom stereocenters. The van der Waals surface area contributed by atoms with Crippen molar-refractivity contribution in [2.75, 3.05) is 0 Å². The summed E-state index contributed by atoms with van der Waals surface area (Å²) in [4.78, 5) is 0. The summed E-state index contributed by atoms with van der Waals surface area (Å²) in [6.07, 6.45) is 0. The summed E-state index contributed by atoms with van der Waals surface area (Å²) in [5.41, 5.74) is -7.50. The molecule has 3 heteroatoms. The van der Waals surface area contributed by atoms with E-state index in [1.165, 1.54) is 22.8 Å². The maximum absolute atomic E-state index is 10.5. The Morgan fingerprint density at radius 2 is 0.680 bits per heavy atom. The Morgan fingerprint density at radius 3 is 1.19 bits per heavy atom. The van der Waals surface area contributed by atoms with Gasteiger partial charge in [-0.2, -0.15) is 0 Å². The first-order valence-electron chi connectivity index (χ1n) is 37.6. The molecule has 0 aliphatic rings. The molecule has 0 aliphatic carbocycles. The molecule has 0 bridgehead atoms. The number of para-hydroxylation sites is 3. The number of hydrogen-bond acceptors (Lipinski definition) is 0. The third-order valence-corrected chi connectivity index (χ3v) is 18.2. The van der Waals surface area contributed by atoms with Gasteiger partial charge in [-0.1, -0.05) is 254 Å². The molecule has 0 saturated heterocycles. The minimum Gasteiger partial charge on any atom is -0.309 e. The van der Waals surface area contributed by atoms with E-state index in [0.717, 1.165) is 25.3 Å². The first-order chi connectivity index (χ1) is 48.9. The summed E-state index contributed by atoms with van der Waals surface area (Å²) in [5, 5.41) is 1.64. The van der Waals surface area contributed by atoms with E-state index in [1.54, 1.807) is 12.1 Å². The average molecular weight is 999 g/mol. The van der Waals surface area contributed by atoms with Crippen LogP contribution in [0.4, 0.5) is 0 Å². The van der Waals surface area contributed by atoms with Gasteiger partial charge in [-0.3, -0.25) is 0 Å². The van der Waals surface area contributed by atoms with Crippen molar-refractivity contribution in [2.24, 2.45) is 0 Å². The van der Waals surface area contributed by atoms with Gasteiger partial charge in [0.2, 0.25) is 0 Å². The number of nitrogens with zero attached hydrogens (tertiary/aromatic N) is 2. The zero-order valence-electron chi connectivity index (χ0n) is 67.1. The van der Waals surface area contributed by atoms with Crippen LogP contribution in [-0.4, -0.2) is 17.2 Å². The predicted molar refractivity (Wildman–Crippen MR) is 320 cm³/mol. The monoisotopic (exact) mass is 999 g/mol. The first-order valence-corrected chi connectivity index (χ1v) is 25.6. The minimum atomic E-state index is -3.40. The molecule has 0 saturated carbocycles. The average Bonchev–Trinajstić information content (AvgIpc) is 1.56. The van der Waals surface area contributed by atoms with Gasteiger partial charge in [-0.25, -0.2) is 0 Å². The van der Waals surface area contributed by atoms with E-state index in [4.69, 9.17) is 13.7 Å². The number of rotatable bonds is 10. The molecular weight excluding hydrogens is 921 g/mol. The molecule has 0 fully saturated rings. The minimum absolute atomic E-state index is 0.229. The molecule has 0 atom stereocenters. The highest BCUT2D eigenvalue weighted by Crippen LogP contribution is 2.44. The molecule has 2 aromatic heterocycles. The Labute approximate surface area is 477 Å². The molecule has 14 aromatic rings. The van der Waals surface area contributed by atoms with Gasteiger partial charge in [0, 0.05) is 38.4 Å². The van der Waals surface area contributed by atoms with Gasteiger partial charge in [-0.15, -0.1) is 0 Å². The van der Waals surface area contributed by atoms with Crippen molar-refractivity contribution in [1.82, 2.24) is 9.13 Å². The molecule has 0 aliphatic heterocycles. The van der Waals surface area contributed by atoms with Gasteiger partial charge in [0.15, 0.2) is 8.07 Å². The molecule has 0 radical (unpaired) electrons. The van der Waals surface area contributed by atoms with Gasteiger partial charge in [0.1, 0.15) is 0 Å². The fourth-order valence-corrected chi connectivity index (χ4v) is 15.1. The molecule has 2 nitrogen and oxygen atoms in total. The van der Waals surface area contributed by atoms with Crippen LogP contribution in [0.15, 0.2) is 303 Å². The Hall–Kier alpha value is -9.54. The second kappa shape index (κ2) is 18.5. The van der Waals surface area contributed by atoms with Crippen molar-refractivity contribution < 1.29 is 38.4 Å². The zero-order valence-corrected chi connectivity index (χ0v) is 40.1. The summed E-state index contributed by atoms with van der Waals surface area (Å²) in [6, 6.07) is 15.6. The highest BCUT2D eigenvalue weighted by Gasteiger charge is 2.41. The summed E-state index contributed by atoms with van der Waals surface area (Å²) in [5.74, 6) is 0. The normalized spacial score (nSPS) is 17.0. The van der Waals surface area contributed by atoms with Gasteiger partial charge in [0.05, 0.1) is 66.1 Å². The maximum atomic E-state index is 10.5. The topological polar surface area (TPSA) is 9.86 Å².